The standard InChI is InChI=1S/C12H18O4/c1-4-7-16-9(13)6-5-8-10(11(14)15)12(8,2)3/h5-6,8,10H,4,7H2,1-3H3,(H,14,15)/t8-,10-/m0/s1. The van der Waals surface area contributed by atoms with Crippen LogP contribution in [0.4, 0.5) is 0 Å². The Kier molecular flexibility index (Phi) is 3.73. The molecular weight excluding hydrogens is 208 g/mol. The van der Waals surface area contributed by atoms with Gasteiger partial charge in [0.1, 0.15) is 0 Å². The van der Waals surface area contributed by atoms with E-state index in [0.717, 1.165) is 6.42 Å². The predicted molar refractivity (Wildman–Crippen MR) is 58.8 cm³/mol. The number of esters is 1. The van der Waals surface area contributed by atoms with Crippen molar-refractivity contribution in [3.63, 3.8) is 0 Å². The van der Waals surface area contributed by atoms with Gasteiger partial charge in [-0.3, -0.25) is 4.79 Å². The Morgan fingerprint density at radius 3 is 2.50 bits per heavy atom. The molecule has 0 saturated heterocycles. The topological polar surface area (TPSA) is 63.6 Å². The van der Waals surface area contributed by atoms with E-state index in [1.807, 2.05) is 20.8 Å². The Morgan fingerprint density at radius 2 is 2.06 bits per heavy atom. The number of ether oxygens (including phenoxy) is 1. The quantitative estimate of drug-likeness (QED) is 0.574. The summed E-state index contributed by atoms with van der Waals surface area (Å²) < 4.78 is 4.86. The van der Waals surface area contributed by atoms with Crippen LogP contribution in [0, 0.1) is 17.3 Å². The summed E-state index contributed by atoms with van der Waals surface area (Å²) in [5.41, 5.74) is -0.257. The van der Waals surface area contributed by atoms with Crippen molar-refractivity contribution in [1.82, 2.24) is 0 Å². The van der Waals surface area contributed by atoms with Gasteiger partial charge < -0.3 is 9.84 Å². The molecule has 4 heteroatoms. The Labute approximate surface area is 95.3 Å². The van der Waals surface area contributed by atoms with Crippen molar-refractivity contribution in [1.29, 1.82) is 0 Å². The lowest BCUT2D eigenvalue weighted by Crippen LogP contribution is -2.03. The minimum absolute atomic E-state index is 0.0702. The number of allylic oxidation sites excluding steroid dienone is 1. The normalized spacial score (nSPS) is 26.7. The minimum atomic E-state index is -0.804. The van der Waals surface area contributed by atoms with Gasteiger partial charge in [0.2, 0.25) is 0 Å². The van der Waals surface area contributed by atoms with E-state index in [9.17, 15) is 9.59 Å². The highest BCUT2D eigenvalue weighted by Crippen LogP contribution is 2.58. The van der Waals surface area contributed by atoms with Gasteiger partial charge in [0.15, 0.2) is 0 Å². The van der Waals surface area contributed by atoms with Gasteiger partial charge in [0.25, 0.3) is 0 Å². The molecule has 0 spiro atoms. The van der Waals surface area contributed by atoms with Gasteiger partial charge >= 0.3 is 11.9 Å². The molecule has 4 nitrogen and oxygen atoms in total. The van der Waals surface area contributed by atoms with Crippen LogP contribution >= 0.6 is 0 Å². The SMILES string of the molecule is CCCOC(=O)C=C[C@H]1[C@@H](C(=O)O)C1(C)C. The third-order valence-electron chi connectivity index (χ3n) is 3.06. The molecule has 0 bridgehead atoms. The lowest BCUT2D eigenvalue weighted by Gasteiger charge is -1.98. The molecule has 0 heterocycles. The second-order valence-corrected chi connectivity index (χ2v) is 4.69. The first-order chi connectivity index (χ1) is 7.41. The van der Waals surface area contributed by atoms with Crippen molar-refractivity contribution in [2.75, 3.05) is 6.61 Å². The van der Waals surface area contributed by atoms with Gasteiger partial charge in [0, 0.05) is 6.08 Å². The number of hydrogen-bond acceptors (Lipinski definition) is 3. The van der Waals surface area contributed by atoms with Crippen molar-refractivity contribution < 1.29 is 19.4 Å². The summed E-state index contributed by atoms with van der Waals surface area (Å²) >= 11 is 0. The molecule has 1 aliphatic rings. The summed E-state index contributed by atoms with van der Waals surface area (Å²) in [6, 6.07) is 0. The predicted octanol–water partition coefficient (Wildman–Crippen LogP) is 1.85. The summed E-state index contributed by atoms with van der Waals surface area (Å²) in [5.74, 6) is -1.66. The third kappa shape index (κ3) is 2.62. The molecule has 1 aliphatic carbocycles. The van der Waals surface area contributed by atoms with Crippen LogP contribution in [0.25, 0.3) is 0 Å². The minimum Gasteiger partial charge on any atom is -0.481 e. The van der Waals surface area contributed by atoms with Crippen molar-refractivity contribution >= 4 is 11.9 Å². The Hall–Kier alpha value is -1.32. The van der Waals surface area contributed by atoms with Gasteiger partial charge in [0.05, 0.1) is 12.5 Å². The molecule has 16 heavy (non-hydrogen) atoms. The third-order valence-corrected chi connectivity index (χ3v) is 3.06. The Morgan fingerprint density at radius 1 is 1.44 bits per heavy atom. The molecule has 1 fully saturated rings. The van der Waals surface area contributed by atoms with Crippen LogP contribution in [-0.2, 0) is 14.3 Å². The molecule has 1 N–H and O–H groups in total. The largest absolute Gasteiger partial charge is 0.481 e. The average Bonchev–Trinajstić information content (AvgIpc) is 2.74. The molecule has 0 unspecified atom stereocenters. The second-order valence-electron chi connectivity index (χ2n) is 4.69. The summed E-state index contributed by atoms with van der Waals surface area (Å²) in [6.07, 6.45) is 3.77. The van der Waals surface area contributed by atoms with Gasteiger partial charge in [-0.15, -0.1) is 0 Å². The summed E-state index contributed by atoms with van der Waals surface area (Å²) in [4.78, 5) is 22.0. The van der Waals surface area contributed by atoms with E-state index >= 15 is 0 Å². The molecular formula is C12H18O4. The summed E-state index contributed by atoms with van der Waals surface area (Å²) in [6.45, 7) is 6.09. The fourth-order valence-corrected chi connectivity index (χ4v) is 1.94. The van der Waals surface area contributed by atoms with Crippen LogP contribution < -0.4 is 0 Å². The zero-order valence-corrected chi connectivity index (χ0v) is 9.90. The van der Waals surface area contributed by atoms with Crippen LogP contribution in [0.3, 0.4) is 0 Å². The van der Waals surface area contributed by atoms with Gasteiger partial charge in [-0.25, -0.2) is 4.79 Å². The number of aliphatic carboxylic acids is 1. The highest BCUT2D eigenvalue weighted by Gasteiger charge is 2.60. The molecule has 0 amide bonds. The molecule has 90 valence electrons. The van der Waals surface area contributed by atoms with E-state index in [4.69, 9.17) is 9.84 Å². The maximum atomic E-state index is 11.2. The lowest BCUT2D eigenvalue weighted by molar-refractivity contribution is -0.140. The van der Waals surface area contributed by atoms with Crippen LogP contribution in [-0.4, -0.2) is 23.7 Å². The molecule has 0 aromatic carbocycles. The number of carbonyl (C=O) groups is 2. The number of carboxylic acids is 1. The fourth-order valence-electron chi connectivity index (χ4n) is 1.94. The van der Waals surface area contributed by atoms with Gasteiger partial charge in [-0.05, 0) is 17.8 Å². The number of carboxylic acid groups (broad SMARTS) is 1. The monoisotopic (exact) mass is 226 g/mol. The van der Waals surface area contributed by atoms with Gasteiger partial charge in [-0.1, -0.05) is 26.8 Å². The molecule has 0 aromatic heterocycles. The fraction of sp³-hybridized carbons (Fsp3) is 0.667. The maximum absolute atomic E-state index is 11.2. The summed E-state index contributed by atoms with van der Waals surface area (Å²) in [5, 5.41) is 8.92. The zero-order valence-electron chi connectivity index (χ0n) is 9.90. The first kappa shape index (κ1) is 12.7. The van der Waals surface area contributed by atoms with Crippen LogP contribution in [0.2, 0.25) is 0 Å². The van der Waals surface area contributed by atoms with E-state index in [1.54, 1.807) is 6.08 Å². The highest BCUT2D eigenvalue weighted by molar-refractivity contribution is 5.83. The van der Waals surface area contributed by atoms with E-state index in [1.165, 1.54) is 6.08 Å². The number of carbonyl (C=O) groups excluding carboxylic acids is 1. The molecule has 1 saturated carbocycles. The van der Waals surface area contributed by atoms with Crippen LogP contribution in [0.5, 0.6) is 0 Å². The molecule has 2 atom stereocenters. The van der Waals surface area contributed by atoms with Crippen LogP contribution in [0.1, 0.15) is 27.2 Å². The lowest BCUT2D eigenvalue weighted by atomic mass is 10.1. The van der Waals surface area contributed by atoms with E-state index in [2.05, 4.69) is 0 Å². The van der Waals surface area contributed by atoms with E-state index in [0.29, 0.717) is 6.61 Å². The number of rotatable bonds is 5. The number of hydrogen-bond donors (Lipinski definition) is 1. The molecule has 0 aliphatic heterocycles. The van der Waals surface area contributed by atoms with Crippen molar-refractivity contribution in [3.8, 4) is 0 Å². The Balaban J connectivity index is 2.47. The van der Waals surface area contributed by atoms with Crippen LogP contribution in [0.15, 0.2) is 12.2 Å². The average molecular weight is 226 g/mol. The Bertz CT molecular complexity index is 317. The first-order valence-corrected chi connectivity index (χ1v) is 5.49. The second kappa shape index (κ2) is 4.68. The molecule has 0 aromatic rings. The molecule has 1 rings (SSSR count). The van der Waals surface area contributed by atoms with E-state index < -0.39 is 11.9 Å². The highest BCUT2D eigenvalue weighted by atomic mass is 16.5. The maximum Gasteiger partial charge on any atom is 0.330 e. The van der Waals surface area contributed by atoms with Crippen molar-refractivity contribution in [2.24, 2.45) is 17.3 Å². The zero-order chi connectivity index (χ0) is 12.3. The molecule has 0 radical (unpaired) electrons. The first-order valence-electron chi connectivity index (χ1n) is 5.49. The smallest absolute Gasteiger partial charge is 0.330 e. The summed E-state index contributed by atoms with van der Waals surface area (Å²) in [7, 11) is 0. The van der Waals surface area contributed by atoms with E-state index in [-0.39, 0.29) is 17.3 Å². The van der Waals surface area contributed by atoms with Gasteiger partial charge in [-0.2, -0.15) is 0 Å². The van der Waals surface area contributed by atoms with Crippen molar-refractivity contribution in [2.45, 2.75) is 27.2 Å². The van der Waals surface area contributed by atoms with Crippen molar-refractivity contribution in [3.05, 3.63) is 12.2 Å².